The molecule has 118 valence electrons. The van der Waals surface area contributed by atoms with Crippen LogP contribution in [0.2, 0.25) is 0 Å². The Kier molecular flexibility index (Phi) is 3.65. The Morgan fingerprint density at radius 1 is 1.30 bits per heavy atom. The number of ether oxygens (including phenoxy) is 1. The van der Waals surface area contributed by atoms with Gasteiger partial charge in [-0.3, -0.25) is 9.59 Å². The van der Waals surface area contributed by atoms with Crippen molar-refractivity contribution in [2.24, 2.45) is 5.92 Å². The van der Waals surface area contributed by atoms with Gasteiger partial charge in [-0.25, -0.2) is 9.67 Å². The molecule has 23 heavy (non-hydrogen) atoms. The third-order valence-corrected chi connectivity index (χ3v) is 5.12. The summed E-state index contributed by atoms with van der Waals surface area (Å²) in [6.07, 6.45) is 4.28. The molecule has 1 aromatic carbocycles. The Balaban J connectivity index is 1.56. The van der Waals surface area contributed by atoms with Gasteiger partial charge in [-0.1, -0.05) is 6.07 Å². The fourth-order valence-corrected chi connectivity index (χ4v) is 3.63. The first-order valence-electron chi connectivity index (χ1n) is 7.55. The van der Waals surface area contributed by atoms with Gasteiger partial charge in [-0.2, -0.15) is 5.10 Å². The molecule has 0 bridgehead atoms. The van der Waals surface area contributed by atoms with E-state index in [0.717, 1.165) is 23.4 Å². The van der Waals surface area contributed by atoms with Crippen molar-refractivity contribution in [1.29, 1.82) is 0 Å². The Hall–Kier alpha value is -2.15. The van der Waals surface area contributed by atoms with Gasteiger partial charge in [0.2, 0.25) is 0 Å². The number of ketones is 2. The Bertz CT molecular complexity index is 756. The number of carbonyl (C=O) groups is 2. The van der Waals surface area contributed by atoms with E-state index in [0.29, 0.717) is 11.5 Å². The van der Waals surface area contributed by atoms with E-state index in [4.69, 9.17) is 4.74 Å². The van der Waals surface area contributed by atoms with Gasteiger partial charge in [0.05, 0.1) is 11.3 Å². The molecule has 0 saturated heterocycles. The normalized spacial score (nSPS) is 19.7. The average Bonchev–Trinajstić information content (AvgIpc) is 3.29. The summed E-state index contributed by atoms with van der Waals surface area (Å²) in [5.41, 5.74) is 0.749. The molecule has 6 nitrogen and oxygen atoms in total. The van der Waals surface area contributed by atoms with Crippen LogP contribution in [-0.4, -0.2) is 38.2 Å². The van der Waals surface area contributed by atoms with Crippen LogP contribution in [-0.2, 0) is 9.59 Å². The number of aromatic nitrogens is 3. The fraction of sp³-hybridized carbons (Fsp3) is 0.375. The lowest BCUT2D eigenvalue weighted by atomic mass is 10.1. The fourth-order valence-electron chi connectivity index (χ4n) is 2.59. The summed E-state index contributed by atoms with van der Waals surface area (Å²) in [6, 6.07) is 5.75. The van der Waals surface area contributed by atoms with Crippen LogP contribution in [0.15, 0.2) is 35.7 Å². The maximum absolute atomic E-state index is 12.4. The van der Waals surface area contributed by atoms with Crippen LogP contribution in [0, 0.1) is 5.92 Å². The molecule has 1 atom stereocenters. The smallest absolute Gasteiger partial charge is 0.181 e. The third kappa shape index (κ3) is 2.88. The molecule has 1 aliphatic carbocycles. The molecule has 1 unspecified atom stereocenters. The molecule has 0 N–H and O–H groups in total. The van der Waals surface area contributed by atoms with Gasteiger partial charge in [-0.15, -0.1) is 11.8 Å². The zero-order chi connectivity index (χ0) is 15.8. The van der Waals surface area contributed by atoms with Crippen LogP contribution in [0.3, 0.4) is 0 Å². The van der Waals surface area contributed by atoms with E-state index in [-0.39, 0.29) is 23.9 Å². The minimum absolute atomic E-state index is 0.0171. The SMILES string of the molecule is O=C(CC(=O)C1CSc2cccc(-n3cncn3)c2O1)C1CC1. The molecule has 1 aromatic heterocycles. The highest BCUT2D eigenvalue weighted by Gasteiger charge is 2.34. The second-order valence-electron chi connectivity index (χ2n) is 5.75. The monoisotopic (exact) mass is 329 g/mol. The summed E-state index contributed by atoms with van der Waals surface area (Å²) in [5, 5.41) is 4.12. The summed E-state index contributed by atoms with van der Waals surface area (Å²) in [6.45, 7) is 0. The van der Waals surface area contributed by atoms with E-state index in [2.05, 4.69) is 10.1 Å². The van der Waals surface area contributed by atoms with Crippen LogP contribution in [0.25, 0.3) is 5.69 Å². The highest BCUT2D eigenvalue weighted by Crippen LogP contribution is 2.40. The zero-order valence-electron chi connectivity index (χ0n) is 12.3. The zero-order valence-corrected chi connectivity index (χ0v) is 13.2. The van der Waals surface area contributed by atoms with Crippen LogP contribution in [0.1, 0.15) is 19.3 Å². The first-order chi connectivity index (χ1) is 11.2. The van der Waals surface area contributed by atoms with Gasteiger partial charge in [0.15, 0.2) is 17.6 Å². The highest BCUT2D eigenvalue weighted by molar-refractivity contribution is 7.99. The van der Waals surface area contributed by atoms with Crippen molar-refractivity contribution in [2.45, 2.75) is 30.3 Å². The number of carbonyl (C=O) groups excluding carboxylic acids is 2. The van der Waals surface area contributed by atoms with Crippen molar-refractivity contribution in [3.05, 3.63) is 30.9 Å². The average molecular weight is 329 g/mol. The molecule has 0 amide bonds. The maximum atomic E-state index is 12.4. The minimum Gasteiger partial charge on any atom is -0.478 e. The molecule has 1 aliphatic heterocycles. The first-order valence-corrected chi connectivity index (χ1v) is 8.54. The highest BCUT2D eigenvalue weighted by atomic mass is 32.2. The quantitative estimate of drug-likeness (QED) is 0.782. The van der Waals surface area contributed by atoms with E-state index < -0.39 is 6.10 Å². The van der Waals surface area contributed by atoms with E-state index in [9.17, 15) is 9.59 Å². The topological polar surface area (TPSA) is 74.1 Å². The van der Waals surface area contributed by atoms with Crippen molar-refractivity contribution in [3.63, 3.8) is 0 Å². The lowest BCUT2D eigenvalue weighted by molar-refractivity contribution is -0.131. The minimum atomic E-state index is -0.583. The molecule has 2 aromatic rings. The molecule has 7 heteroatoms. The lowest BCUT2D eigenvalue weighted by Crippen LogP contribution is -2.34. The Labute approximate surface area is 137 Å². The second kappa shape index (κ2) is 5.81. The molecule has 4 rings (SSSR count). The number of para-hydroxylation sites is 1. The number of fused-ring (bicyclic) bond motifs is 1. The Morgan fingerprint density at radius 3 is 2.91 bits per heavy atom. The number of thioether (sulfide) groups is 1. The lowest BCUT2D eigenvalue weighted by Gasteiger charge is -2.26. The van der Waals surface area contributed by atoms with Crippen LogP contribution >= 0.6 is 11.8 Å². The first kappa shape index (κ1) is 14.4. The summed E-state index contributed by atoms with van der Waals surface area (Å²) < 4.78 is 7.55. The number of benzene rings is 1. The molecule has 2 heterocycles. The van der Waals surface area contributed by atoms with Gasteiger partial charge < -0.3 is 4.74 Å². The molecular formula is C16H15N3O3S. The van der Waals surface area contributed by atoms with Gasteiger partial charge in [0, 0.05) is 11.7 Å². The van der Waals surface area contributed by atoms with Crippen LogP contribution in [0.4, 0.5) is 0 Å². The predicted octanol–water partition coefficient (Wildman–Crippen LogP) is 2.06. The largest absolute Gasteiger partial charge is 0.478 e. The standard InChI is InChI=1S/C16H15N3O3S/c20-12(10-4-5-10)6-13(21)14-7-23-15-3-1-2-11(16(15)22-14)19-9-17-8-18-19/h1-3,8-10,14H,4-7H2. The number of rotatable bonds is 5. The van der Waals surface area contributed by atoms with E-state index in [1.807, 2.05) is 18.2 Å². The molecule has 0 spiro atoms. The van der Waals surface area contributed by atoms with Crippen molar-refractivity contribution in [2.75, 3.05) is 5.75 Å². The maximum Gasteiger partial charge on any atom is 0.181 e. The van der Waals surface area contributed by atoms with E-state index in [1.54, 1.807) is 22.8 Å². The van der Waals surface area contributed by atoms with Gasteiger partial charge >= 0.3 is 0 Å². The summed E-state index contributed by atoms with van der Waals surface area (Å²) >= 11 is 1.57. The summed E-state index contributed by atoms with van der Waals surface area (Å²) in [4.78, 5) is 29.1. The van der Waals surface area contributed by atoms with Crippen molar-refractivity contribution < 1.29 is 14.3 Å². The summed E-state index contributed by atoms with van der Waals surface area (Å²) in [5.74, 6) is 1.19. The third-order valence-electron chi connectivity index (χ3n) is 4.01. The predicted molar refractivity (Wildman–Crippen MR) is 83.9 cm³/mol. The van der Waals surface area contributed by atoms with Gasteiger partial charge in [0.1, 0.15) is 24.1 Å². The summed E-state index contributed by atoms with van der Waals surface area (Å²) in [7, 11) is 0. The number of nitrogens with zero attached hydrogens (tertiary/aromatic N) is 3. The van der Waals surface area contributed by atoms with Crippen molar-refractivity contribution >= 4 is 23.3 Å². The molecule has 1 saturated carbocycles. The van der Waals surface area contributed by atoms with Gasteiger partial charge in [0.25, 0.3) is 0 Å². The second-order valence-corrected chi connectivity index (χ2v) is 6.81. The molecule has 2 aliphatic rings. The number of Topliss-reactive ketones (excluding diaryl/α,β-unsaturated/α-hetero) is 2. The van der Waals surface area contributed by atoms with Crippen molar-refractivity contribution in [1.82, 2.24) is 14.8 Å². The number of hydrogen-bond acceptors (Lipinski definition) is 6. The van der Waals surface area contributed by atoms with E-state index >= 15 is 0 Å². The molecule has 0 radical (unpaired) electrons. The molecular weight excluding hydrogens is 314 g/mol. The van der Waals surface area contributed by atoms with E-state index in [1.165, 1.54) is 6.33 Å². The van der Waals surface area contributed by atoms with Crippen molar-refractivity contribution in [3.8, 4) is 11.4 Å². The Morgan fingerprint density at radius 2 is 2.17 bits per heavy atom. The van der Waals surface area contributed by atoms with Gasteiger partial charge in [-0.05, 0) is 25.0 Å². The number of hydrogen-bond donors (Lipinski definition) is 0. The van der Waals surface area contributed by atoms with Crippen LogP contribution < -0.4 is 4.74 Å². The molecule has 1 fully saturated rings. The van der Waals surface area contributed by atoms with Crippen LogP contribution in [0.5, 0.6) is 5.75 Å².